The number of hydrogen-bond acceptors (Lipinski definition) is 4. The molecule has 1 aliphatic heterocycles. The van der Waals surface area contributed by atoms with Gasteiger partial charge >= 0.3 is 6.18 Å². The number of carbonyl (C=O) groups excluding carboxylic acids is 1. The minimum atomic E-state index is -4.52. The van der Waals surface area contributed by atoms with Crippen LogP contribution in [0, 0.1) is 6.92 Å². The van der Waals surface area contributed by atoms with Crippen molar-refractivity contribution in [2.45, 2.75) is 38.1 Å². The Morgan fingerprint density at radius 3 is 2.60 bits per heavy atom. The van der Waals surface area contributed by atoms with Gasteiger partial charge in [-0.2, -0.15) is 23.4 Å². The zero-order valence-corrected chi connectivity index (χ0v) is 18.8. The Balaban J connectivity index is 1.38. The van der Waals surface area contributed by atoms with Crippen LogP contribution in [0.3, 0.4) is 0 Å². The number of nitrogens with one attached hydrogen (secondary N) is 2. The molecular formula is C25H23F3N6O. The van der Waals surface area contributed by atoms with Gasteiger partial charge in [0.2, 0.25) is 0 Å². The van der Waals surface area contributed by atoms with E-state index >= 15 is 0 Å². The number of aryl methyl sites for hydroxylation is 1. The van der Waals surface area contributed by atoms with E-state index in [1.807, 2.05) is 31.2 Å². The maximum atomic E-state index is 13.9. The highest BCUT2D eigenvalue weighted by Crippen LogP contribution is 2.44. The van der Waals surface area contributed by atoms with Crippen molar-refractivity contribution >= 4 is 17.5 Å². The molecule has 4 aromatic rings. The fraction of sp³-hybridized carbons (Fsp3) is 0.240. The van der Waals surface area contributed by atoms with Crippen LogP contribution >= 0.6 is 0 Å². The molecule has 5 rings (SSSR count). The highest BCUT2D eigenvalue weighted by molar-refractivity contribution is 6.07. The third-order valence-electron chi connectivity index (χ3n) is 6.16. The first-order valence-electron chi connectivity index (χ1n) is 11.1. The van der Waals surface area contributed by atoms with E-state index in [2.05, 4.69) is 20.8 Å². The molecule has 10 heteroatoms. The lowest BCUT2D eigenvalue weighted by Crippen LogP contribution is -2.36. The van der Waals surface area contributed by atoms with E-state index in [-0.39, 0.29) is 17.8 Å². The third kappa shape index (κ3) is 4.64. The van der Waals surface area contributed by atoms with Crippen LogP contribution in [-0.2, 0) is 6.54 Å². The van der Waals surface area contributed by atoms with Crippen LogP contribution in [0.5, 0.6) is 0 Å². The third-order valence-corrected chi connectivity index (χ3v) is 6.16. The summed E-state index contributed by atoms with van der Waals surface area (Å²) in [5.41, 5.74) is 2.94. The van der Waals surface area contributed by atoms with Crippen LogP contribution in [0.2, 0.25) is 0 Å². The molecule has 1 aliphatic rings. The molecule has 0 bridgehead atoms. The molecule has 0 radical (unpaired) electrons. The Morgan fingerprint density at radius 2 is 1.86 bits per heavy atom. The van der Waals surface area contributed by atoms with Gasteiger partial charge in [0.25, 0.3) is 5.91 Å². The van der Waals surface area contributed by atoms with Crippen molar-refractivity contribution in [2.75, 3.05) is 10.6 Å². The van der Waals surface area contributed by atoms with E-state index in [0.29, 0.717) is 17.9 Å². The lowest BCUT2D eigenvalue weighted by molar-refractivity contribution is -0.173. The van der Waals surface area contributed by atoms with Crippen molar-refractivity contribution in [1.29, 1.82) is 0 Å². The predicted octanol–water partition coefficient (Wildman–Crippen LogP) is 5.35. The summed E-state index contributed by atoms with van der Waals surface area (Å²) < 4.78 is 44.2. The normalized spacial score (nSPS) is 17.5. The van der Waals surface area contributed by atoms with E-state index in [1.165, 1.54) is 0 Å². The van der Waals surface area contributed by atoms with Crippen LogP contribution in [0.4, 0.5) is 24.8 Å². The fourth-order valence-corrected chi connectivity index (χ4v) is 4.29. The minimum absolute atomic E-state index is 0.0216. The summed E-state index contributed by atoms with van der Waals surface area (Å²) in [4.78, 5) is 13.0. The largest absolute Gasteiger partial charge is 0.410 e. The van der Waals surface area contributed by atoms with Gasteiger partial charge < -0.3 is 10.6 Å². The zero-order valence-electron chi connectivity index (χ0n) is 18.8. The first-order chi connectivity index (χ1) is 16.8. The summed E-state index contributed by atoms with van der Waals surface area (Å²) in [6.45, 7) is 2.54. The lowest BCUT2D eigenvalue weighted by Gasteiger charge is -2.34. The standard InChI is InChI=1S/C25H23F3N6O/c1-16-7-5-6-10-18(16)15-33-12-11-22(32-33)31-24(35)19-14-29-34-21(25(26,27)28)13-20(30-23(19)34)17-8-3-2-4-9-17/h2-12,14,20-21,30H,13,15H2,1H3,(H,31,32,35)/t20-,21+/m0/s1. The average molecular weight is 480 g/mol. The molecule has 3 heterocycles. The number of rotatable bonds is 5. The maximum Gasteiger partial charge on any atom is 0.410 e. The number of nitrogens with zero attached hydrogens (tertiary/aromatic N) is 4. The second-order valence-corrected chi connectivity index (χ2v) is 8.53. The Morgan fingerprint density at radius 1 is 1.11 bits per heavy atom. The lowest BCUT2D eigenvalue weighted by atomic mass is 9.96. The minimum Gasteiger partial charge on any atom is -0.363 e. The molecule has 180 valence electrons. The number of halogens is 3. The molecule has 0 unspecified atom stereocenters. The van der Waals surface area contributed by atoms with Gasteiger partial charge in [0, 0.05) is 18.7 Å². The molecule has 0 saturated carbocycles. The van der Waals surface area contributed by atoms with Crippen LogP contribution in [0.25, 0.3) is 0 Å². The number of carbonyl (C=O) groups is 1. The van der Waals surface area contributed by atoms with Crippen molar-refractivity contribution < 1.29 is 18.0 Å². The van der Waals surface area contributed by atoms with E-state index in [0.717, 1.165) is 22.0 Å². The first kappa shape index (κ1) is 22.7. The van der Waals surface area contributed by atoms with Crippen LogP contribution in [0.15, 0.2) is 73.1 Å². The molecular weight excluding hydrogens is 457 g/mol. The van der Waals surface area contributed by atoms with E-state index < -0.39 is 24.2 Å². The fourth-order valence-electron chi connectivity index (χ4n) is 4.29. The second-order valence-electron chi connectivity index (χ2n) is 8.53. The summed E-state index contributed by atoms with van der Waals surface area (Å²) in [6, 6.07) is 16.0. The molecule has 2 aromatic carbocycles. The van der Waals surface area contributed by atoms with Gasteiger partial charge in [0.15, 0.2) is 11.9 Å². The first-order valence-corrected chi connectivity index (χ1v) is 11.1. The number of hydrogen-bond donors (Lipinski definition) is 2. The number of alkyl halides is 3. The van der Waals surface area contributed by atoms with Gasteiger partial charge in [0.1, 0.15) is 11.4 Å². The summed E-state index contributed by atoms with van der Waals surface area (Å²) in [7, 11) is 0. The summed E-state index contributed by atoms with van der Waals surface area (Å²) in [6.07, 6.45) is -1.85. The molecule has 0 fully saturated rings. The second kappa shape index (κ2) is 8.94. The summed E-state index contributed by atoms with van der Waals surface area (Å²) in [5, 5.41) is 14.1. The van der Waals surface area contributed by atoms with Gasteiger partial charge in [-0.15, -0.1) is 0 Å². The quantitative estimate of drug-likeness (QED) is 0.404. The van der Waals surface area contributed by atoms with Crippen LogP contribution < -0.4 is 10.6 Å². The number of anilines is 2. The van der Waals surface area contributed by atoms with Crippen molar-refractivity contribution in [3.8, 4) is 0 Å². The van der Waals surface area contributed by atoms with Crippen LogP contribution in [-0.4, -0.2) is 31.6 Å². The molecule has 0 aliphatic carbocycles. The van der Waals surface area contributed by atoms with Crippen molar-refractivity contribution in [3.05, 3.63) is 95.3 Å². The van der Waals surface area contributed by atoms with Crippen LogP contribution in [0.1, 0.15) is 45.6 Å². The maximum absolute atomic E-state index is 13.9. The van der Waals surface area contributed by atoms with Crippen molar-refractivity contribution in [3.63, 3.8) is 0 Å². The molecule has 0 spiro atoms. The smallest absolute Gasteiger partial charge is 0.363 e. The zero-order chi connectivity index (χ0) is 24.6. The highest BCUT2D eigenvalue weighted by atomic mass is 19.4. The van der Waals surface area contributed by atoms with Crippen molar-refractivity contribution in [1.82, 2.24) is 19.6 Å². The molecule has 35 heavy (non-hydrogen) atoms. The number of benzene rings is 2. The SMILES string of the molecule is Cc1ccccc1Cn1ccc(NC(=O)c2cnn3c2N[C@H](c2ccccc2)C[C@@H]3C(F)(F)F)n1. The molecule has 1 amide bonds. The van der Waals surface area contributed by atoms with Gasteiger partial charge in [-0.25, -0.2) is 4.68 Å². The molecule has 0 saturated heterocycles. The predicted molar refractivity (Wildman–Crippen MR) is 125 cm³/mol. The Labute approximate surface area is 199 Å². The van der Waals surface area contributed by atoms with E-state index in [1.54, 1.807) is 47.3 Å². The average Bonchev–Trinajstić information content (AvgIpc) is 3.46. The van der Waals surface area contributed by atoms with E-state index in [4.69, 9.17) is 0 Å². The van der Waals surface area contributed by atoms with Gasteiger partial charge in [-0.1, -0.05) is 54.6 Å². The Hall–Kier alpha value is -4.08. The van der Waals surface area contributed by atoms with Gasteiger partial charge in [-0.3, -0.25) is 9.48 Å². The number of amides is 1. The Kier molecular flexibility index (Phi) is 5.80. The monoisotopic (exact) mass is 480 g/mol. The summed E-state index contributed by atoms with van der Waals surface area (Å²) in [5.74, 6) is -0.259. The molecule has 2 aromatic heterocycles. The number of fused-ring (bicyclic) bond motifs is 1. The van der Waals surface area contributed by atoms with Crippen molar-refractivity contribution in [2.24, 2.45) is 0 Å². The topological polar surface area (TPSA) is 76.8 Å². The Bertz CT molecular complexity index is 1340. The molecule has 2 atom stereocenters. The number of aromatic nitrogens is 4. The highest BCUT2D eigenvalue weighted by Gasteiger charge is 2.47. The molecule has 2 N–H and O–H groups in total. The molecule has 7 nitrogen and oxygen atoms in total. The van der Waals surface area contributed by atoms with E-state index in [9.17, 15) is 18.0 Å². The van der Waals surface area contributed by atoms with Gasteiger partial charge in [-0.05, 0) is 23.6 Å². The van der Waals surface area contributed by atoms with Gasteiger partial charge in [0.05, 0.1) is 18.8 Å². The summed E-state index contributed by atoms with van der Waals surface area (Å²) >= 11 is 0.